The van der Waals surface area contributed by atoms with Crippen LogP contribution in [0.2, 0.25) is 10.0 Å². The highest BCUT2D eigenvalue weighted by molar-refractivity contribution is 6.33. The van der Waals surface area contributed by atoms with E-state index in [1.54, 1.807) is 0 Å². The molecule has 1 saturated carbocycles. The minimum Gasteiger partial charge on any atom is -0.352 e. The number of hydrogen-bond donors (Lipinski definition) is 0. The van der Waals surface area contributed by atoms with Gasteiger partial charge < -0.3 is 9.80 Å². The van der Waals surface area contributed by atoms with Gasteiger partial charge in [0.1, 0.15) is 5.82 Å². The highest BCUT2D eigenvalue weighted by atomic mass is 35.5. The number of carbonyl (C=O) groups excluding carboxylic acids is 1. The second-order valence-corrected chi connectivity index (χ2v) is 8.80. The third-order valence-electron chi connectivity index (χ3n) is 6.10. The zero-order valence-electron chi connectivity index (χ0n) is 16.5. The number of rotatable bonds is 3. The molecule has 154 valence electrons. The van der Waals surface area contributed by atoms with Crippen LogP contribution in [0.25, 0.3) is 22.3 Å². The first-order valence-electron chi connectivity index (χ1n) is 10.4. The largest absolute Gasteiger partial charge is 0.352 e. The van der Waals surface area contributed by atoms with Gasteiger partial charge in [-0.1, -0.05) is 41.8 Å². The molecule has 0 spiro atoms. The number of halogens is 2. The predicted molar refractivity (Wildman–Crippen MR) is 121 cm³/mol. The van der Waals surface area contributed by atoms with Crippen molar-refractivity contribution in [3.63, 3.8) is 0 Å². The molecule has 7 heteroatoms. The summed E-state index contributed by atoms with van der Waals surface area (Å²) in [6.45, 7) is 2.93. The third kappa shape index (κ3) is 3.61. The molecule has 0 bridgehead atoms. The van der Waals surface area contributed by atoms with Crippen LogP contribution in [0, 0.1) is 5.92 Å². The average molecular weight is 441 g/mol. The summed E-state index contributed by atoms with van der Waals surface area (Å²) in [6, 6.07) is 13.3. The van der Waals surface area contributed by atoms with Gasteiger partial charge in [-0.25, -0.2) is 9.97 Å². The molecule has 2 aliphatic rings. The summed E-state index contributed by atoms with van der Waals surface area (Å²) in [7, 11) is 0. The lowest BCUT2D eigenvalue weighted by Gasteiger charge is -2.39. The topological polar surface area (TPSA) is 49.3 Å². The van der Waals surface area contributed by atoms with Crippen LogP contribution in [0.4, 0.5) is 5.82 Å². The first-order chi connectivity index (χ1) is 14.6. The number of piperazine rings is 1. The SMILES string of the molecule is O=C(C1CCC1)N1CCN(c2nc(-c3ccccc3Cl)nc3cc(Cl)ccc23)CC1. The lowest BCUT2D eigenvalue weighted by atomic mass is 9.84. The fourth-order valence-electron chi connectivity index (χ4n) is 4.14. The summed E-state index contributed by atoms with van der Waals surface area (Å²) in [4.78, 5) is 26.5. The summed E-state index contributed by atoms with van der Waals surface area (Å²) in [5.74, 6) is 2.00. The number of carbonyl (C=O) groups is 1. The zero-order chi connectivity index (χ0) is 20.7. The monoisotopic (exact) mass is 440 g/mol. The lowest BCUT2D eigenvalue weighted by Crippen LogP contribution is -2.51. The van der Waals surface area contributed by atoms with E-state index in [-0.39, 0.29) is 5.92 Å². The quantitative estimate of drug-likeness (QED) is 0.571. The van der Waals surface area contributed by atoms with Crippen molar-refractivity contribution in [2.45, 2.75) is 19.3 Å². The van der Waals surface area contributed by atoms with Gasteiger partial charge in [-0.2, -0.15) is 0 Å². The van der Waals surface area contributed by atoms with Crippen molar-refractivity contribution in [3.05, 3.63) is 52.5 Å². The van der Waals surface area contributed by atoms with E-state index >= 15 is 0 Å². The van der Waals surface area contributed by atoms with Crippen LogP contribution in [-0.2, 0) is 4.79 Å². The zero-order valence-corrected chi connectivity index (χ0v) is 18.0. The van der Waals surface area contributed by atoms with Gasteiger partial charge in [-0.15, -0.1) is 0 Å². The number of nitrogens with zero attached hydrogens (tertiary/aromatic N) is 4. The van der Waals surface area contributed by atoms with Gasteiger partial charge in [0.15, 0.2) is 5.82 Å². The molecule has 1 saturated heterocycles. The Morgan fingerprint density at radius 3 is 2.43 bits per heavy atom. The molecule has 1 aliphatic carbocycles. The van der Waals surface area contributed by atoms with Gasteiger partial charge in [-0.05, 0) is 43.2 Å². The second-order valence-electron chi connectivity index (χ2n) is 7.95. The Labute approximate surface area is 185 Å². The lowest BCUT2D eigenvalue weighted by molar-refractivity contribution is -0.138. The van der Waals surface area contributed by atoms with Crippen LogP contribution in [0.1, 0.15) is 19.3 Å². The minimum absolute atomic E-state index is 0.241. The average Bonchev–Trinajstić information content (AvgIpc) is 2.72. The van der Waals surface area contributed by atoms with E-state index in [0.29, 0.717) is 21.8 Å². The molecule has 0 unspecified atom stereocenters. The van der Waals surface area contributed by atoms with Crippen molar-refractivity contribution in [3.8, 4) is 11.4 Å². The van der Waals surface area contributed by atoms with Crippen molar-refractivity contribution in [2.24, 2.45) is 5.92 Å². The van der Waals surface area contributed by atoms with Gasteiger partial charge in [0.2, 0.25) is 5.91 Å². The van der Waals surface area contributed by atoms with Crippen molar-refractivity contribution >= 4 is 45.8 Å². The van der Waals surface area contributed by atoms with Gasteiger partial charge in [0.05, 0.1) is 10.5 Å². The van der Waals surface area contributed by atoms with Crippen LogP contribution in [0.15, 0.2) is 42.5 Å². The third-order valence-corrected chi connectivity index (χ3v) is 6.66. The fourth-order valence-corrected chi connectivity index (χ4v) is 4.53. The molecule has 0 atom stereocenters. The van der Waals surface area contributed by atoms with Crippen LogP contribution in [0.3, 0.4) is 0 Å². The normalized spacial score (nSPS) is 17.3. The molecule has 1 aliphatic heterocycles. The van der Waals surface area contributed by atoms with Crippen LogP contribution >= 0.6 is 23.2 Å². The molecular formula is C23H22Cl2N4O. The number of fused-ring (bicyclic) bond motifs is 1. The van der Waals surface area contributed by atoms with E-state index in [1.165, 1.54) is 6.42 Å². The second kappa shape index (κ2) is 8.05. The van der Waals surface area contributed by atoms with Gasteiger partial charge in [-0.3, -0.25) is 4.79 Å². The summed E-state index contributed by atoms with van der Waals surface area (Å²) >= 11 is 12.7. The molecule has 2 fully saturated rings. The summed E-state index contributed by atoms with van der Waals surface area (Å²) in [5.41, 5.74) is 1.58. The van der Waals surface area contributed by atoms with E-state index < -0.39 is 0 Å². The highest BCUT2D eigenvalue weighted by Gasteiger charge is 2.31. The van der Waals surface area contributed by atoms with Crippen LogP contribution in [0.5, 0.6) is 0 Å². The molecule has 3 aromatic rings. The number of benzene rings is 2. The molecule has 2 aromatic carbocycles. The summed E-state index contributed by atoms with van der Waals surface area (Å²) in [6.07, 6.45) is 3.26. The van der Waals surface area contributed by atoms with Crippen molar-refractivity contribution in [1.82, 2.24) is 14.9 Å². The highest BCUT2D eigenvalue weighted by Crippen LogP contribution is 2.33. The molecular weight excluding hydrogens is 419 g/mol. The maximum Gasteiger partial charge on any atom is 0.225 e. The number of anilines is 1. The molecule has 5 rings (SSSR count). The summed E-state index contributed by atoms with van der Waals surface area (Å²) in [5, 5.41) is 2.20. The van der Waals surface area contributed by atoms with E-state index in [9.17, 15) is 4.79 Å². The first kappa shape index (κ1) is 19.6. The van der Waals surface area contributed by atoms with E-state index in [0.717, 1.165) is 61.3 Å². The standard InChI is InChI=1S/C23H22Cl2N4O/c24-16-8-9-18-20(14-16)26-21(17-6-1-2-7-19(17)25)27-22(18)28-10-12-29(13-11-28)23(30)15-4-3-5-15/h1-2,6-9,14-15H,3-5,10-13H2. The van der Waals surface area contributed by atoms with Crippen molar-refractivity contribution in [2.75, 3.05) is 31.1 Å². The first-order valence-corrected chi connectivity index (χ1v) is 11.1. The Kier molecular flexibility index (Phi) is 5.25. The Balaban J connectivity index is 1.49. The Bertz CT molecular complexity index is 1110. The van der Waals surface area contributed by atoms with E-state index in [1.807, 2.05) is 47.4 Å². The Hall–Kier alpha value is -2.37. The molecule has 0 radical (unpaired) electrons. The Morgan fingerprint density at radius 1 is 0.967 bits per heavy atom. The number of aromatic nitrogens is 2. The maximum absolute atomic E-state index is 12.6. The number of hydrogen-bond acceptors (Lipinski definition) is 4. The minimum atomic E-state index is 0.241. The van der Waals surface area contributed by atoms with Gasteiger partial charge in [0.25, 0.3) is 0 Å². The van der Waals surface area contributed by atoms with Crippen LogP contribution in [-0.4, -0.2) is 47.0 Å². The predicted octanol–water partition coefficient (Wildman–Crippen LogP) is 5.05. The molecule has 0 N–H and O–H groups in total. The van der Waals surface area contributed by atoms with Gasteiger partial charge in [0, 0.05) is 48.1 Å². The van der Waals surface area contributed by atoms with Crippen molar-refractivity contribution in [1.29, 1.82) is 0 Å². The Morgan fingerprint density at radius 2 is 1.73 bits per heavy atom. The molecule has 2 heterocycles. The molecule has 5 nitrogen and oxygen atoms in total. The van der Waals surface area contributed by atoms with Gasteiger partial charge >= 0.3 is 0 Å². The van der Waals surface area contributed by atoms with Crippen molar-refractivity contribution < 1.29 is 4.79 Å². The maximum atomic E-state index is 12.6. The summed E-state index contributed by atoms with van der Waals surface area (Å²) < 4.78 is 0. The van der Waals surface area contributed by atoms with Crippen LogP contribution < -0.4 is 4.90 Å². The fraction of sp³-hybridized carbons (Fsp3) is 0.348. The smallest absolute Gasteiger partial charge is 0.225 e. The van der Waals surface area contributed by atoms with E-state index in [2.05, 4.69) is 4.90 Å². The molecule has 1 aromatic heterocycles. The molecule has 30 heavy (non-hydrogen) atoms. The number of amides is 1. The van der Waals surface area contributed by atoms with E-state index in [4.69, 9.17) is 33.2 Å². The molecule has 1 amide bonds.